The zero-order valence-corrected chi connectivity index (χ0v) is 19.5. The largest absolute Gasteiger partial charge is 0.507 e. The fourth-order valence-electron chi connectivity index (χ4n) is 4.07. The highest BCUT2D eigenvalue weighted by molar-refractivity contribution is 5.82. The quantitative estimate of drug-likeness (QED) is 0.204. The second-order valence-electron chi connectivity index (χ2n) is 8.77. The van der Waals surface area contributed by atoms with Crippen molar-refractivity contribution in [3.63, 3.8) is 0 Å². The lowest BCUT2D eigenvalue weighted by atomic mass is 10.0. The minimum Gasteiger partial charge on any atom is -0.507 e. The Balaban J connectivity index is 1.43. The Hall–Kier alpha value is -2.03. The zero-order chi connectivity index (χ0) is 22.2. The molecule has 172 valence electrons. The molecule has 0 spiro atoms. The Morgan fingerprint density at radius 1 is 0.806 bits per heavy atom. The second kappa shape index (κ2) is 15.7. The number of fused-ring (bicyclic) bond motifs is 1. The minimum absolute atomic E-state index is 0.00670. The van der Waals surface area contributed by atoms with Gasteiger partial charge in [-0.3, -0.25) is 4.79 Å². The molecule has 0 aliphatic heterocycles. The van der Waals surface area contributed by atoms with Crippen molar-refractivity contribution < 1.29 is 9.52 Å². The molecule has 1 N–H and O–H groups in total. The predicted molar refractivity (Wildman–Crippen MR) is 132 cm³/mol. The van der Waals surface area contributed by atoms with Crippen LogP contribution < -0.4 is 5.43 Å². The summed E-state index contributed by atoms with van der Waals surface area (Å²) in [5.41, 5.74) is 0.323. The third-order valence-electron chi connectivity index (χ3n) is 5.97. The van der Waals surface area contributed by atoms with Crippen LogP contribution in [0.2, 0.25) is 0 Å². The number of hydrogen-bond donors (Lipinski definition) is 1. The molecule has 1 heterocycles. The number of unbranched alkanes of at least 4 members (excludes halogenated alkanes) is 13. The molecule has 0 saturated heterocycles. The maximum atomic E-state index is 12.2. The average molecular weight is 427 g/mol. The highest BCUT2D eigenvalue weighted by atomic mass is 16.3. The molecule has 2 rings (SSSR count). The predicted octanol–water partition coefficient (Wildman–Crippen LogP) is 8.47. The monoisotopic (exact) mass is 426 g/mol. The SMILES string of the molecule is CCCCC=CCCCCCCCCCCCCCc1cc(=O)c2c(O)cccc2o1. The highest BCUT2D eigenvalue weighted by Gasteiger charge is 2.08. The molecule has 0 bridgehead atoms. The lowest BCUT2D eigenvalue weighted by Gasteiger charge is -2.05. The van der Waals surface area contributed by atoms with Crippen molar-refractivity contribution in [3.05, 3.63) is 52.4 Å². The van der Waals surface area contributed by atoms with Crippen LogP contribution in [0.4, 0.5) is 0 Å². The third kappa shape index (κ3) is 10.2. The van der Waals surface area contributed by atoms with Gasteiger partial charge in [-0.1, -0.05) is 95.8 Å². The van der Waals surface area contributed by atoms with Crippen LogP contribution >= 0.6 is 0 Å². The number of allylic oxidation sites excluding steroid dienone is 2. The van der Waals surface area contributed by atoms with Crippen molar-refractivity contribution in [1.82, 2.24) is 0 Å². The van der Waals surface area contributed by atoms with Gasteiger partial charge in [-0.25, -0.2) is 0 Å². The first-order valence-corrected chi connectivity index (χ1v) is 12.6. The van der Waals surface area contributed by atoms with E-state index in [1.54, 1.807) is 12.1 Å². The van der Waals surface area contributed by atoms with Gasteiger partial charge in [0.25, 0.3) is 0 Å². The molecule has 0 radical (unpaired) electrons. The van der Waals surface area contributed by atoms with Gasteiger partial charge < -0.3 is 9.52 Å². The first kappa shape index (κ1) is 25.2. The van der Waals surface area contributed by atoms with E-state index in [0.29, 0.717) is 5.58 Å². The number of phenols is 1. The average Bonchev–Trinajstić information content (AvgIpc) is 2.75. The Morgan fingerprint density at radius 2 is 1.39 bits per heavy atom. The summed E-state index contributed by atoms with van der Waals surface area (Å²) in [6, 6.07) is 6.50. The van der Waals surface area contributed by atoms with Gasteiger partial charge in [0, 0.05) is 12.5 Å². The van der Waals surface area contributed by atoms with Crippen LogP contribution in [-0.2, 0) is 6.42 Å². The van der Waals surface area contributed by atoms with E-state index >= 15 is 0 Å². The summed E-state index contributed by atoms with van der Waals surface area (Å²) in [7, 11) is 0. The van der Waals surface area contributed by atoms with Gasteiger partial charge in [0.05, 0.1) is 0 Å². The van der Waals surface area contributed by atoms with Crippen LogP contribution in [0, 0.1) is 0 Å². The van der Waals surface area contributed by atoms with Crippen LogP contribution in [0.5, 0.6) is 5.75 Å². The van der Waals surface area contributed by atoms with E-state index in [4.69, 9.17) is 4.42 Å². The van der Waals surface area contributed by atoms with Crippen molar-refractivity contribution >= 4 is 11.0 Å². The molecule has 1 aromatic carbocycles. The molecule has 3 nitrogen and oxygen atoms in total. The smallest absolute Gasteiger partial charge is 0.196 e. The lowest BCUT2D eigenvalue weighted by Crippen LogP contribution is -2.02. The van der Waals surface area contributed by atoms with Gasteiger partial charge in [0.2, 0.25) is 0 Å². The number of benzene rings is 1. The Bertz CT molecular complexity index is 819. The van der Waals surface area contributed by atoms with Gasteiger partial charge in [0.15, 0.2) is 5.43 Å². The molecule has 0 atom stereocenters. The Labute approximate surface area is 188 Å². The van der Waals surface area contributed by atoms with E-state index in [0.717, 1.165) is 18.6 Å². The van der Waals surface area contributed by atoms with E-state index in [2.05, 4.69) is 19.1 Å². The topological polar surface area (TPSA) is 50.4 Å². The van der Waals surface area contributed by atoms with Gasteiger partial charge in [-0.05, 0) is 37.8 Å². The lowest BCUT2D eigenvalue weighted by molar-refractivity contribution is 0.476. The molecule has 0 fully saturated rings. The standard InChI is InChI=1S/C28H42O3/c1-2-3-4-5-6-7-8-9-10-11-12-13-14-15-16-17-18-20-24-23-26(30)28-25(29)21-19-22-27(28)31-24/h5-6,19,21-23,29H,2-4,7-18,20H2,1H3. The normalized spacial score (nSPS) is 11.6. The van der Waals surface area contributed by atoms with E-state index in [1.165, 1.54) is 102 Å². The second-order valence-corrected chi connectivity index (χ2v) is 8.77. The molecule has 0 amide bonds. The number of rotatable bonds is 17. The summed E-state index contributed by atoms with van der Waals surface area (Å²) in [5, 5.41) is 10.1. The van der Waals surface area contributed by atoms with Crippen LogP contribution in [0.25, 0.3) is 11.0 Å². The van der Waals surface area contributed by atoms with Crippen LogP contribution in [0.3, 0.4) is 0 Å². The van der Waals surface area contributed by atoms with Crippen molar-refractivity contribution in [3.8, 4) is 5.75 Å². The maximum Gasteiger partial charge on any atom is 0.196 e. The van der Waals surface area contributed by atoms with E-state index < -0.39 is 0 Å². The van der Waals surface area contributed by atoms with Gasteiger partial charge in [-0.15, -0.1) is 0 Å². The van der Waals surface area contributed by atoms with E-state index in [9.17, 15) is 9.90 Å². The van der Waals surface area contributed by atoms with Crippen molar-refractivity contribution in [1.29, 1.82) is 0 Å². The Morgan fingerprint density at radius 3 is 2.03 bits per heavy atom. The molecule has 3 heteroatoms. The number of phenolic OH excluding ortho intramolecular Hbond substituents is 1. The first-order valence-electron chi connectivity index (χ1n) is 12.6. The fourth-order valence-corrected chi connectivity index (χ4v) is 4.07. The van der Waals surface area contributed by atoms with Crippen LogP contribution in [0.15, 0.2) is 45.6 Å². The molecule has 0 aliphatic carbocycles. The van der Waals surface area contributed by atoms with Crippen LogP contribution in [0.1, 0.15) is 109 Å². The Kier molecular flexibility index (Phi) is 12.8. The molecule has 0 aliphatic rings. The number of aryl methyl sites for hydroxylation is 1. The van der Waals surface area contributed by atoms with E-state index in [1.807, 2.05) is 0 Å². The molecular weight excluding hydrogens is 384 g/mol. The van der Waals surface area contributed by atoms with E-state index in [-0.39, 0.29) is 16.6 Å². The third-order valence-corrected chi connectivity index (χ3v) is 5.97. The van der Waals surface area contributed by atoms with Gasteiger partial charge >= 0.3 is 0 Å². The molecule has 2 aromatic rings. The van der Waals surface area contributed by atoms with Gasteiger partial charge in [0.1, 0.15) is 22.5 Å². The van der Waals surface area contributed by atoms with Crippen molar-refractivity contribution in [2.45, 2.75) is 110 Å². The summed E-state index contributed by atoms with van der Waals surface area (Å²) in [6.45, 7) is 2.25. The summed E-state index contributed by atoms with van der Waals surface area (Å²) in [5.74, 6) is 0.715. The number of aromatic hydroxyl groups is 1. The van der Waals surface area contributed by atoms with Crippen molar-refractivity contribution in [2.75, 3.05) is 0 Å². The van der Waals surface area contributed by atoms with Crippen molar-refractivity contribution in [2.24, 2.45) is 0 Å². The molecular formula is C28H42O3. The fraction of sp³-hybridized carbons (Fsp3) is 0.607. The molecule has 0 unspecified atom stereocenters. The molecule has 1 aromatic heterocycles. The molecule has 0 saturated carbocycles. The van der Waals surface area contributed by atoms with Crippen LogP contribution in [-0.4, -0.2) is 5.11 Å². The first-order chi connectivity index (χ1) is 15.2. The summed E-state index contributed by atoms with van der Waals surface area (Å²) in [4.78, 5) is 12.2. The zero-order valence-electron chi connectivity index (χ0n) is 19.5. The maximum absolute atomic E-state index is 12.2. The highest BCUT2D eigenvalue weighted by Crippen LogP contribution is 2.22. The minimum atomic E-state index is -0.155. The molecule has 31 heavy (non-hydrogen) atoms. The number of hydrogen-bond acceptors (Lipinski definition) is 3. The summed E-state index contributed by atoms with van der Waals surface area (Å²) < 4.78 is 5.79. The summed E-state index contributed by atoms with van der Waals surface area (Å²) >= 11 is 0. The van der Waals surface area contributed by atoms with Gasteiger partial charge in [-0.2, -0.15) is 0 Å². The summed E-state index contributed by atoms with van der Waals surface area (Å²) in [6.07, 6.45) is 25.0.